The summed E-state index contributed by atoms with van der Waals surface area (Å²) in [5, 5.41) is 2.92. The molecule has 0 radical (unpaired) electrons. The first-order valence-corrected chi connectivity index (χ1v) is 7.90. The standard InChI is InChI=1S/C17H26N2O2S/c1-12-5-7-13(8-6-12)11-14(9-10-15(18)22)19-16(20)21-17(2,3)4/h5-8,14H,9-11H2,1-4H3,(H2,18,22)(H,19,20)/t14-/m1/s1. The molecule has 122 valence electrons. The van der Waals surface area contributed by atoms with Gasteiger partial charge in [-0.05, 0) is 52.5 Å². The molecule has 0 saturated heterocycles. The van der Waals surface area contributed by atoms with E-state index in [0.29, 0.717) is 17.8 Å². The predicted octanol–water partition coefficient (Wildman–Crippen LogP) is 3.50. The highest BCUT2D eigenvalue weighted by Gasteiger charge is 2.19. The number of carbonyl (C=O) groups excluding carboxylic acids is 1. The summed E-state index contributed by atoms with van der Waals surface area (Å²) in [5.41, 5.74) is 7.44. The van der Waals surface area contributed by atoms with Crippen LogP contribution in [0.25, 0.3) is 0 Å². The molecule has 0 spiro atoms. The lowest BCUT2D eigenvalue weighted by atomic mass is 10.0. The van der Waals surface area contributed by atoms with Crippen LogP contribution in [0.15, 0.2) is 24.3 Å². The first-order chi connectivity index (χ1) is 10.2. The van der Waals surface area contributed by atoms with Crippen LogP contribution in [-0.2, 0) is 11.2 Å². The first kappa shape index (κ1) is 18.4. The molecule has 0 bridgehead atoms. The van der Waals surface area contributed by atoms with Crippen molar-refractivity contribution in [3.05, 3.63) is 35.4 Å². The molecule has 22 heavy (non-hydrogen) atoms. The molecule has 3 N–H and O–H groups in total. The zero-order chi connectivity index (χ0) is 16.8. The van der Waals surface area contributed by atoms with Gasteiger partial charge in [0.05, 0.1) is 4.99 Å². The molecule has 0 aromatic heterocycles. The van der Waals surface area contributed by atoms with Gasteiger partial charge in [0.25, 0.3) is 0 Å². The molecule has 0 saturated carbocycles. The molecule has 0 heterocycles. The normalized spacial score (nSPS) is 12.5. The number of benzene rings is 1. The third-order valence-corrected chi connectivity index (χ3v) is 3.27. The second-order valence-electron chi connectivity index (χ2n) is 6.54. The van der Waals surface area contributed by atoms with E-state index in [9.17, 15) is 4.79 Å². The largest absolute Gasteiger partial charge is 0.444 e. The minimum atomic E-state index is -0.512. The third kappa shape index (κ3) is 7.98. The van der Waals surface area contributed by atoms with Crippen molar-refractivity contribution >= 4 is 23.3 Å². The minimum absolute atomic E-state index is 0.0564. The van der Waals surface area contributed by atoms with E-state index in [4.69, 9.17) is 22.7 Å². The zero-order valence-corrected chi connectivity index (χ0v) is 14.6. The Hall–Kier alpha value is -1.62. The van der Waals surface area contributed by atoms with Gasteiger partial charge >= 0.3 is 6.09 Å². The quantitative estimate of drug-likeness (QED) is 0.787. The summed E-state index contributed by atoms with van der Waals surface area (Å²) in [4.78, 5) is 12.4. The number of hydrogen-bond donors (Lipinski definition) is 2. The molecule has 1 amide bonds. The second kappa shape index (κ2) is 8.13. The van der Waals surface area contributed by atoms with Crippen molar-refractivity contribution in [2.45, 2.75) is 58.6 Å². The van der Waals surface area contributed by atoms with Crippen molar-refractivity contribution in [2.24, 2.45) is 5.73 Å². The summed E-state index contributed by atoms with van der Waals surface area (Å²) < 4.78 is 5.32. The maximum Gasteiger partial charge on any atom is 0.407 e. The van der Waals surface area contributed by atoms with Gasteiger partial charge < -0.3 is 15.8 Å². The highest BCUT2D eigenvalue weighted by Crippen LogP contribution is 2.12. The smallest absolute Gasteiger partial charge is 0.407 e. The molecule has 0 fully saturated rings. The topological polar surface area (TPSA) is 64.3 Å². The van der Waals surface area contributed by atoms with Crippen molar-refractivity contribution < 1.29 is 9.53 Å². The first-order valence-electron chi connectivity index (χ1n) is 7.49. The number of rotatable bonds is 6. The molecule has 1 atom stereocenters. The number of alkyl carbamates (subject to hydrolysis) is 1. The monoisotopic (exact) mass is 322 g/mol. The summed E-state index contributed by atoms with van der Waals surface area (Å²) in [7, 11) is 0. The van der Waals surface area contributed by atoms with E-state index in [1.807, 2.05) is 27.7 Å². The van der Waals surface area contributed by atoms with Crippen molar-refractivity contribution in [1.82, 2.24) is 5.32 Å². The van der Waals surface area contributed by atoms with Crippen molar-refractivity contribution in [3.63, 3.8) is 0 Å². The van der Waals surface area contributed by atoms with Gasteiger partial charge in [0.2, 0.25) is 0 Å². The van der Waals surface area contributed by atoms with E-state index in [0.717, 1.165) is 12.0 Å². The van der Waals surface area contributed by atoms with Gasteiger partial charge in [-0.15, -0.1) is 0 Å². The predicted molar refractivity (Wildman–Crippen MR) is 94.1 cm³/mol. The van der Waals surface area contributed by atoms with Gasteiger partial charge in [0.15, 0.2) is 0 Å². The van der Waals surface area contributed by atoms with Crippen LogP contribution >= 0.6 is 12.2 Å². The van der Waals surface area contributed by atoms with Crippen LogP contribution in [0, 0.1) is 6.92 Å². The van der Waals surface area contributed by atoms with Crippen molar-refractivity contribution in [1.29, 1.82) is 0 Å². The zero-order valence-electron chi connectivity index (χ0n) is 13.8. The average molecular weight is 322 g/mol. The van der Waals surface area contributed by atoms with Crippen LogP contribution in [0.3, 0.4) is 0 Å². The van der Waals surface area contributed by atoms with E-state index in [1.54, 1.807) is 0 Å². The number of aryl methyl sites for hydroxylation is 1. The molecule has 0 aliphatic rings. The molecule has 0 aliphatic carbocycles. The number of hydrogen-bond acceptors (Lipinski definition) is 3. The Morgan fingerprint density at radius 2 is 1.91 bits per heavy atom. The molecule has 1 aromatic rings. The van der Waals surface area contributed by atoms with Crippen molar-refractivity contribution in [3.8, 4) is 0 Å². The third-order valence-electron chi connectivity index (χ3n) is 3.06. The number of nitrogens with one attached hydrogen (secondary N) is 1. The highest BCUT2D eigenvalue weighted by atomic mass is 32.1. The van der Waals surface area contributed by atoms with Gasteiger partial charge in [-0.2, -0.15) is 0 Å². The van der Waals surface area contributed by atoms with Crippen LogP contribution in [0.5, 0.6) is 0 Å². The minimum Gasteiger partial charge on any atom is -0.444 e. The lowest BCUT2D eigenvalue weighted by molar-refractivity contribution is 0.0502. The van der Waals surface area contributed by atoms with Crippen molar-refractivity contribution in [2.75, 3.05) is 0 Å². The number of nitrogens with two attached hydrogens (primary N) is 1. The van der Waals surface area contributed by atoms with E-state index >= 15 is 0 Å². The fraction of sp³-hybridized carbons (Fsp3) is 0.529. The fourth-order valence-electron chi connectivity index (χ4n) is 2.02. The van der Waals surface area contributed by atoms with Crippen LogP contribution in [0.4, 0.5) is 4.79 Å². The van der Waals surface area contributed by atoms with Crippen LogP contribution in [0.1, 0.15) is 44.7 Å². The molecule has 1 rings (SSSR count). The van der Waals surface area contributed by atoms with Gasteiger partial charge in [-0.1, -0.05) is 42.0 Å². The Kier molecular flexibility index (Phi) is 6.81. The summed E-state index contributed by atoms with van der Waals surface area (Å²) in [5.74, 6) is 0. The molecule has 1 aromatic carbocycles. The maximum absolute atomic E-state index is 12.0. The van der Waals surface area contributed by atoms with E-state index < -0.39 is 11.7 Å². The molecule has 4 nitrogen and oxygen atoms in total. The molecule has 0 unspecified atom stereocenters. The lowest BCUT2D eigenvalue weighted by Crippen LogP contribution is -2.40. The van der Waals surface area contributed by atoms with Crippen LogP contribution < -0.4 is 11.1 Å². The maximum atomic E-state index is 12.0. The molecular weight excluding hydrogens is 296 g/mol. The second-order valence-corrected chi connectivity index (χ2v) is 7.06. The molecule has 0 aliphatic heterocycles. The number of carbonyl (C=O) groups is 1. The van der Waals surface area contributed by atoms with Gasteiger partial charge in [-0.3, -0.25) is 0 Å². The fourth-order valence-corrected chi connectivity index (χ4v) is 2.14. The molecule has 5 heteroatoms. The summed E-state index contributed by atoms with van der Waals surface area (Å²) in [6.07, 6.45) is 1.61. The number of amides is 1. The summed E-state index contributed by atoms with van der Waals surface area (Å²) >= 11 is 4.93. The Bertz CT molecular complexity index is 506. The van der Waals surface area contributed by atoms with Gasteiger partial charge in [0.1, 0.15) is 5.60 Å². The van der Waals surface area contributed by atoms with Crippen LogP contribution in [-0.4, -0.2) is 22.7 Å². The Morgan fingerprint density at radius 1 is 1.32 bits per heavy atom. The Labute approximate surface area is 138 Å². The van der Waals surface area contributed by atoms with Gasteiger partial charge in [-0.25, -0.2) is 4.79 Å². The van der Waals surface area contributed by atoms with Gasteiger partial charge in [0, 0.05) is 6.04 Å². The summed E-state index contributed by atoms with van der Waals surface area (Å²) in [6, 6.07) is 8.21. The Balaban J connectivity index is 2.68. The van der Waals surface area contributed by atoms with E-state index in [1.165, 1.54) is 5.56 Å². The van der Waals surface area contributed by atoms with Crippen LogP contribution in [0.2, 0.25) is 0 Å². The number of ether oxygens (including phenoxy) is 1. The summed E-state index contributed by atoms with van der Waals surface area (Å²) in [6.45, 7) is 7.58. The molecular formula is C17H26N2O2S. The lowest BCUT2D eigenvalue weighted by Gasteiger charge is -2.24. The van der Waals surface area contributed by atoms with E-state index in [-0.39, 0.29) is 6.04 Å². The van der Waals surface area contributed by atoms with E-state index in [2.05, 4.69) is 29.6 Å². The average Bonchev–Trinajstić information content (AvgIpc) is 2.36. The highest BCUT2D eigenvalue weighted by molar-refractivity contribution is 7.80. The SMILES string of the molecule is Cc1ccc(C[C@@H](CCC(N)=S)NC(=O)OC(C)(C)C)cc1. The number of thiocarbonyl (C=S) groups is 1. The Morgan fingerprint density at radius 3 is 2.41 bits per heavy atom.